The molecule has 0 aliphatic carbocycles. The maximum Gasteiger partial charge on any atom is 0.253 e. The first-order chi connectivity index (χ1) is 11.5. The number of nitrogens with zero attached hydrogens (tertiary/aromatic N) is 5. The van der Waals surface area contributed by atoms with E-state index in [4.69, 9.17) is 0 Å². The van der Waals surface area contributed by atoms with Crippen LogP contribution in [0.2, 0.25) is 0 Å². The van der Waals surface area contributed by atoms with Gasteiger partial charge in [0.25, 0.3) is 5.95 Å². The van der Waals surface area contributed by atoms with Gasteiger partial charge in [0.15, 0.2) is 5.82 Å². The van der Waals surface area contributed by atoms with Gasteiger partial charge in [0.05, 0.1) is 11.9 Å². The highest BCUT2D eigenvalue weighted by atomic mass is 19.1. The minimum Gasteiger partial charge on any atom is -0.261 e. The summed E-state index contributed by atoms with van der Waals surface area (Å²) in [7, 11) is 0. The molecular formula is C17H17FN6. The van der Waals surface area contributed by atoms with Crippen molar-refractivity contribution >= 4 is 12.0 Å². The molecule has 0 amide bonds. The summed E-state index contributed by atoms with van der Waals surface area (Å²) in [6.45, 7) is 5.75. The summed E-state index contributed by atoms with van der Waals surface area (Å²) in [5, 5.41) is 8.52. The third-order valence-corrected chi connectivity index (χ3v) is 3.30. The van der Waals surface area contributed by atoms with Crippen LogP contribution in [0.3, 0.4) is 0 Å². The fourth-order valence-electron chi connectivity index (χ4n) is 2.26. The topological polar surface area (TPSA) is 68.0 Å². The minimum absolute atomic E-state index is 0.277. The zero-order valence-electron chi connectivity index (χ0n) is 13.7. The molecule has 3 aromatic rings. The van der Waals surface area contributed by atoms with Gasteiger partial charge in [0, 0.05) is 17.5 Å². The van der Waals surface area contributed by atoms with Gasteiger partial charge in [-0.15, -0.1) is 0 Å². The summed E-state index contributed by atoms with van der Waals surface area (Å²) >= 11 is 0. The third kappa shape index (κ3) is 3.62. The molecule has 2 heterocycles. The van der Waals surface area contributed by atoms with E-state index in [9.17, 15) is 4.39 Å². The molecule has 1 N–H and O–H groups in total. The van der Waals surface area contributed by atoms with E-state index in [1.54, 1.807) is 29.1 Å². The van der Waals surface area contributed by atoms with Gasteiger partial charge in [-0.2, -0.15) is 15.2 Å². The molecule has 24 heavy (non-hydrogen) atoms. The predicted octanol–water partition coefficient (Wildman–Crippen LogP) is 3.17. The van der Waals surface area contributed by atoms with Crippen molar-refractivity contribution in [3.05, 3.63) is 64.9 Å². The van der Waals surface area contributed by atoms with Crippen LogP contribution in [-0.2, 0) is 0 Å². The Labute approximate surface area is 139 Å². The number of halogens is 1. The van der Waals surface area contributed by atoms with Crippen LogP contribution in [0.5, 0.6) is 0 Å². The van der Waals surface area contributed by atoms with Gasteiger partial charge >= 0.3 is 0 Å². The van der Waals surface area contributed by atoms with E-state index in [0.29, 0.717) is 11.8 Å². The average molecular weight is 324 g/mol. The molecule has 7 heteroatoms. The van der Waals surface area contributed by atoms with Crippen molar-refractivity contribution in [3.63, 3.8) is 0 Å². The Morgan fingerprint density at radius 2 is 1.79 bits per heavy atom. The highest BCUT2D eigenvalue weighted by Gasteiger charge is 2.08. The van der Waals surface area contributed by atoms with Crippen molar-refractivity contribution in [1.82, 2.24) is 19.7 Å². The van der Waals surface area contributed by atoms with Crippen LogP contribution in [0.1, 0.15) is 22.6 Å². The molecule has 6 nitrogen and oxygen atoms in total. The van der Waals surface area contributed by atoms with Crippen molar-refractivity contribution in [1.29, 1.82) is 0 Å². The molecule has 0 unspecified atom stereocenters. The van der Waals surface area contributed by atoms with Crippen molar-refractivity contribution in [2.75, 3.05) is 5.43 Å². The lowest BCUT2D eigenvalue weighted by atomic mass is 10.2. The average Bonchev–Trinajstić information content (AvgIpc) is 2.87. The number of benzene rings is 1. The SMILES string of the molecule is Cc1cc(N/N=C\c2ccc(F)cc2)nc(-n2nc(C)cc2C)n1. The lowest BCUT2D eigenvalue weighted by molar-refractivity contribution is 0.628. The third-order valence-electron chi connectivity index (χ3n) is 3.30. The molecule has 0 aliphatic rings. The van der Waals surface area contributed by atoms with Crippen molar-refractivity contribution < 1.29 is 4.39 Å². The molecule has 0 aliphatic heterocycles. The van der Waals surface area contributed by atoms with Crippen LogP contribution in [-0.4, -0.2) is 26.0 Å². The molecule has 2 aromatic heterocycles. The Kier molecular flexibility index (Phi) is 4.33. The van der Waals surface area contributed by atoms with E-state index in [0.717, 1.165) is 22.6 Å². The quantitative estimate of drug-likeness (QED) is 0.591. The Morgan fingerprint density at radius 3 is 2.46 bits per heavy atom. The molecule has 0 saturated carbocycles. The standard InChI is InChI=1S/C17H17FN6/c1-11-9-16(22-19-10-14-4-6-15(18)7-5-14)21-17(20-11)24-13(3)8-12(2)23-24/h4-10H,1-3H3,(H,20,21,22)/b19-10-. The number of anilines is 1. The second-order valence-corrected chi connectivity index (χ2v) is 5.46. The maximum absolute atomic E-state index is 12.9. The van der Waals surface area contributed by atoms with Gasteiger partial charge in [-0.1, -0.05) is 12.1 Å². The molecule has 0 bridgehead atoms. The van der Waals surface area contributed by atoms with Crippen LogP contribution in [0.4, 0.5) is 10.2 Å². The molecule has 0 fully saturated rings. The Morgan fingerprint density at radius 1 is 1.04 bits per heavy atom. The van der Waals surface area contributed by atoms with E-state index in [1.165, 1.54) is 12.1 Å². The number of hydrazone groups is 1. The highest BCUT2D eigenvalue weighted by molar-refractivity contribution is 5.79. The normalized spacial score (nSPS) is 11.2. The van der Waals surface area contributed by atoms with Crippen LogP contribution in [0.25, 0.3) is 5.95 Å². The smallest absolute Gasteiger partial charge is 0.253 e. The van der Waals surface area contributed by atoms with E-state index >= 15 is 0 Å². The predicted molar refractivity (Wildman–Crippen MR) is 91.0 cm³/mol. The first-order valence-corrected chi connectivity index (χ1v) is 7.45. The number of hydrogen-bond donors (Lipinski definition) is 1. The van der Waals surface area contributed by atoms with Gasteiger partial charge in [-0.05, 0) is 44.5 Å². The first-order valence-electron chi connectivity index (χ1n) is 7.45. The zero-order valence-corrected chi connectivity index (χ0v) is 13.7. The fourth-order valence-corrected chi connectivity index (χ4v) is 2.26. The lowest BCUT2D eigenvalue weighted by Crippen LogP contribution is -2.08. The second kappa shape index (κ2) is 6.57. The van der Waals surface area contributed by atoms with E-state index < -0.39 is 0 Å². The van der Waals surface area contributed by atoms with E-state index in [-0.39, 0.29) is 5.82 Å². The van der Waals surface area contributed by atoms with Crippen LogP contribution < -0.4 is 5.43 Å². The van der Waals surface area contributed by atoms with Gasteiger partial charge < -0.3 is 0 Å². The molecule has 3 rings (SSSR count). The molecule has 0 spiro atoms. The molecule has 0 radical (unpaired) electrons. The van der Waals surface area contributed by atoms with E-state index in [1.807, 2.05) is 26.8 Å². The van der Waals surface area contributed by atoms with Gasteiger partial charge in [0.2, 0.25) is 0 Å². The van der Waals surface area contributed by atoms with E-state index in [2.05, 4.69) is 25.6 Å². The van der Waals surface area contributed by atoms with Crippen LogP contribution in [0.15, 0.2) is 41.5 Å². The van der Waals surface area contributed by atoms with Gasteiger partial charge in [0.1, 0.15) is 5.82 Å². The first kappa shape index (κ1) is 15.8. The molecule has 122 valence electrons. The number of hydrogen-bond acceptors (Lipinski definition) is 5. The second-order valence-electron chi connectivity index (χ2n) is 5.46. The van der Waals surface area contributed by atoms with Crippen LogP contribution >= 0.6 is 0 Å². The van der Waals surface area contributed by atoms with Crippen molar-refractivity contribution in [2.45, 2.75) is 20.8 Å². The minimum atomic E-state index is -0.277. The highest BCUT2D eigenvalue weighted by Crippen LogP contribution is 2.12. The maximum atomic E-state index is 12.9. The molecule has 1 aromatic carbocycles. The summed E-state index contributed by atoms with van der Waals surface area (Å²) in [6.07, 6.45) is 1.60. The summed E-state index contributed by atoms with van der Waals surface area (Å²) in [4.78, 5) is 8.84. The van der Waals surface area contributed by atoms with Crippen molar-refractivity contribution in [3.8, 4) is 5.95 Å². The summed E-state index contributed by atoms with van der Waals surface area (Å²) < 4.78 is 14.6. The largest absolute Gasteiger partial charge is 0.261 e. The Hall–Kier alpha value is -3.09. The summed E-state index contributed by atoms with van der Waals surface area (Å²) in [5.41, 5.74) is 6.31. The number of aryl methyl sites for hydroxylation is 3. The zero-order chi connectivity index (χ0) is 17.1. The van der Waals surface area contributed by atoms with Crippen LogP contribution in [0, 0.1) is 26.6 Å². The molecule has 0 atom stereocenters. The number of rotatable bonds is 4. The summed E-state index contributed by atoms with van der Waals surface area (Å²) in [6, 6.07) is 9.82. The molecule has 0 saturated heterocycles. The Bertz CT molecular complexity index is 883. The van der Waals surface area contributed by atoms with Gasteiger partial charge in [-0.25, -0.2) is 14.1 Å². The number of nitrogens with one attached hydrogen (secondary N) is 1. The van der Waals surface area contributed by atoms with Crippen molar-refractivity contribution in [2.24, 2.45) is 5.10 Å². The lowest BCUT2D eigenvalue weighted by Gasteiger charge is -2.06. The monoisotopic (exact) mass is 324 g/mol. The van der Waals surface area contributed by atoms with Gasteiger partial charge in [-0.3, -0.25) is 5.43 Å². The number of aromatic nitrogens is 4. The Balaban J connectivity index is 1.81. The fraction of sp³-hybridized carbons (Fsp3) is 0.176. The molecular weight excluding hydrogens is 307 g/mol. The summed E-state index contributed by atoms with van der Waals surface area (Å²) in [5.74, 6) is 0.768.